The van der Waals surface area contributed by atoms with Crippen LogP contribution in [0.3, 0.4) is 0 Å². The summed E-state index contributed by atoms with van der Waals surface area (Å²) < 4.78 is 1.09. The number of nitrogen functional groups attached to an aromatic ring is 1. The molecule has 0 radical (unpaired) electrons. The minimum absolute atomic E-state index is 0.186. The molecule has 0 aliphatic heterocycles. The largest absolute Gasteiger partial charge is 0.335 e. The Morgan fingerprint density at radius 1 is 1.27 bits per heavy atom. The van der Waals surface area contributed by atoms with Crippen LogP contribution in [0.1, 0.15) is 49.5 Å². The van der Waals surface area contributed by atoms with E-state index in [0.717, 1.165) is 17.5 Å². The molecule has 1 heterocycles. The van der Waals surface area contributed by atoms with Crippen LogP contribution >= 0.6 is 0 Å². The number of nitrogens with two attached hydrogens (primary N) is 1. The first-order chi connectivity index (χ1) is 7.20. The van der Waals surface area contributed by atoms with Crippen LogP contribution in [0, 0.1) is 6.92 Å². The smallest absolute Gasteiger partial charge is 0.294 e. The number of aromatic nitrogens is 3. The minimum Gasteiger partial charge on any atom is -0.335 e. The van der Waals surface area contributed by atoms with Crippen molar-refractivity contribution in [1.29, 1.82) is 0 Å². The molecule has 2 rings (SSSR count). The predicted octanol–water partition coefficient (Wildman–Crippen LogP) is 0.708. The van der Waals surface area contributed by atoms with Crippen LogP contribution in [0.5, 0.6) is 0 Å². The van der Waals surface area contributed by atoms with Gasteiger partial charge in [-0.25, -0.2) is 4.68 Å². The third-order valence-electron chi connectivity index (χ3n) is 3.08. The second-order valence-corrected chi connectivity index (χ2v) is 4.14. The van der Waals surface area contributed by atoms with Gasteiger partial charge < -0.3 is 5.84 Å². The van der Waals surface area contributed by atoms with E-state index in [0.29, 0.717) is 11.5 Å². The highest BCUT2D eigenvalue weighted by atomic mass is 16.1. The van der Waals surface area contributed by atoms with Crippen molar-refractivity contribution in [3.8, 4) is 0 Å². The summed E-state index contributed by atoms with van der Waals surface area (Å²) in [5.74, 6) is 6.31. The van der Waals surface area contributed by atoms with E-state index in [9.17, 15) is 4.79 Å². The molecular weight excluding hydrogens is 192 g/mol. The fourth-order valence-corrected chi connectivity index (χ4v) is 2.12. The van der Waals surface area contributed by atoms with E-state index in [4.69, 9.17) is 5.84 Å². The summed E-state index contributed by atoms with van der Waals surface area (Å²) in [5, 5.41) is 7.90. The van der Waals surface area contributed by atoms with Gasteiger partial charge in [0.25, 0.3) is 5.56 Å². The van der Waals surface area contributed by atoms with Crippen molar-refractivity contribution < 1.29 is 0 Å². The quantitative estimate of drug-likeness (QED) is 0.690. The van der Waals surface area contributed by atoms with Crippen molar-refractivity contribution in [2.75, 3.05) is 5.84 Å². The number of rotatable bonds is 1. The Kier molecular flexibility index (Phi) is 2.70. The zero-order valence-electron chi connectivity index (χ0n) is 8.94. The normalized spacial score (nSPS) is 17.9. The summed E-state index contributed by atoms with van der Waals surface area (Å²) in [5.41, 5.74) is 0.359. The Hall–Kier alpha value is -1.39. The fourth-order valence-electron chi connectivity index (χ4n) is 2.12. The maximum Gasteiger partial charge on any atom is 0.294 e. The summed E-state index contributed by atoms with van der Waals surface area (Å²) in [6.45, 7) is 1.68. The van der Waals surface area contributed by atoms with Crippen LogP contribution in [0.25, 0.3) is 0 Å². The van der Waals surface area contributed by atoms with Gasteiger partial charge in [0.1, 0.15) is 5.69 Å². The molecule has 5 heteroatoms. The first-order valence-corrected chi connectivity index (χ1v) is 5.41. The Morgan fingerprint density at radius 3 is 2.60 bits per heavy atom. The fraction of sp³-hybridized carbons (Fsp3) is 0.700. The molecule has 0 bridgehead atoms. The van der Waals surface area contributed by atoms with Crippen molar-refractivity contribution in [2.24, 2.45) is 0 Å². The third-order valence-corrected chi connectivity index (χ3v) is 3.08. The van der Waals surface area contributed by atoms with Gasteiger partial charge in [-0.3, -0.25) is 4.79 Å². The Bertz CT molecular complexity index is 406. The van der Waals surface area contributed by atoms with Crippen molar-refractivity contribution in [2.45, 2.75) is 44.9 Å². The van der Waals surface area contributed by atoms with Crippen molar-refractivity contribution >= 4 is 0 Å². The molecule has 0 unspecified atom stereocenters. The summed E-state index contributed by atoms with van der Waals surface area (Å²) >= 11 is 0. The molecule has 0 aromatic carbocycles. The van der Waals surface area contributed by atoms with Gasteiger partial charge in [-0.05, 0) is 19.8 Å². The van der Waals surface area contributed by atoms with E-state index in [1.807, 2.05) is 0 Å². The van der Waals surface area contributed by atoms with E-state index in [-0.39, 0.29) is 11.5 Å². The van der Waals surface area contributed by atoms with Gasteiger partial charge in [-0.2, -0.15) is 0 Å². The van der Waals surface area contributed by atoms with Gasteiger partial charge in [-0.1, -0.05) is 19.3 Å². The van der Waals surface area contributed by atoms with Crippen LogP contribution in [0.4, 0.5) is 0 Å². The van der Waals surface area contributed by atoms with E-state index in [2.05, 4.69) is 10.2 Å². The van der Waals surface area contributed by atoms with Crippen molar-refractivity contribution in [1.82, 2.24) is 14.9 Å². The van der Waals surface area contributed by atoms with Crippen LogP contribution in [-0.4, -0.2) is 14.9 Å². The van der Waals surface area contributed by atoms with Gasteiger partial charge in [0, 0.05) is 5.92 Å². The number of hydrogen-bond acceptors (Lipinski definition) is 4. The molecular formula is C10H16N4O. The molecule has 1 aromatic heterocycles. The first-order valence-electron chi connectivity index (χ1n) is 5.41. The summed E-state index contributed by atoms with van der Waals surface area (Å²) in [6.07, 6.45) is 5.67. The highest BCUT2D eigenvalue weighted by Crippen LogP contribution is 2.29. The monoisotopic (exact) mass is 208 g/mol. The van der Waals surface area contributed by atoms with Gasteiger partial charge >= 0.3 is 0 Å². The molecule has 1 aliphatic carbocycles. The van der Waals surface area contributed by atoms with Crippen LogP contribution in [-0.2, 0) is 0 Å². The molecule has 1 aromatic rings. The zero-order valence-corrected chi connectivity index (χ0v) is 8.94. The van der Waals surface area contributed by atoms with Gasteiger partial charge in [0.2, 0.25) is 0 Å². The minimum atomic E-state index is -0.186. The second-order valence-electron chi connectivity index (χ2n) is 4.14. The molecule has 0 saturated heterocycles. The highest BCUT2D eigenvalue weighted by Gasteiger charge is 2.21. The van der Waals surface area contributed by atoms with E-state index >= 15 is 0 Å². The lowest BCUT2D eigenvalue weighted by molar-refractivity contribution is 0.427. The van der Waals surface area contributed by atoms with Crippen molar-refractivity contribution in [3.05, 3.63) is 21.9 Å². The topological polar surface area (TPSA) is 73.8 Å². The lowest BCUT2D eigenvalue weighted by Crippen LogP contribution is -2.35. The molecule has 82 valence electrons. The standard InChI is InChI=1S/C10H16N4O/c1-7-12-13-9(10(15)14(7)11)8-5-3-2-4-6-8/h8H,2-6,11H2,1H3. The zero-order chi connectivity index (χ0) is 10.8. The predicted molar refractivity (Wildman–Crippen MR) is 57.0 cm³/mol. The second kappa shape index (κ2) is 4.00. The van der Waals surface area contributed by atoms with E-state index in [1.165, 1.54) is 19.3 Å². The number of hydrogen-bond donors (Lipinski definition) is 1. The molecule has 0 atom stereocenters. The first kappa shape index (κ1) is 10.1. The Morgan fingerprint density at radius 2 is 1.93 bits per heavy atom. The van der Waals surface area contributed by atoms with Crippen LogP contribution in [0.2, 0.25) is 0 Å². The molecule has 1 saturated carbocycles. The summed E-state index contributed by atoms with van der Waals surface area (Å²) in [4.78, 5) is 11.8. The van der Waals surface area contributed by atoms with E-state index < -0.39 is 0 Å². The maximum absolute atomic E-state index is 11.8. The molecule has 0 amide bonds. The average Bonchev–Trinajstić information content (AvgIpc) is 2.27. The summed E-state index contributed by atoms with van der Waals surface area (Å²) in [7, 11) is 0. The number of aryl methyl sites for hydroxylation is 1. The van der Waals surface area contributed by atoms with Gasteiger partial charge in [-0.15, -0.1) is 10.2 Å². The Balaban J connectivity index is 2.35. The SMILES string of the molecule is Cc1nnc(C2CCCCC2)c(=O)n1N. The van der Waals surface area contributed by atoms with Crippen LogP contribution in [0.15, 0.2) is 4.79 Å². The lowest BCUT2D eigenvalue weighted by Gasteiger charge is -2.20. The van der Waals surface area contributed by atoms with Gasteiger partial charge in [0.05, 0.1) is 0 Å². The molecule has 15 heavy (non-hydrogen) atoms. The van der Waals surface area contributed by atoms with Crippen molar-refractivity contribution in [3.63, 3.8) is 0 Å². The number of nitrogens with zero attached hydrogens (tertiary/aromatic N) is 3. The molecule has 1 fully saturated rings. The average molecular weight is 208 g/mol. The molecule has 5 nitrogen and oxygen atoms in total. The van der Waals surface area contributed by atoms with Crippen LogP contribution < -0.4 is 11.4 Å². The van der Waals surface area contributed by atoms with E-state index in [1.54, 1.807) is 6.92 Å². The molecule has 1 aliphatic rings. The third kappa shape index (κ3) is 1.86. The lowest BCUT2D eigenvalue weighted by atomic mass is 9.87. The highest BCUT2D eigenvalue weighted by molar-refractivity contribution is 5.05. The Labute approximate surface area is 88.3 Å². The maximum atomic E-state index is 11.8. The summed E-state index contributed by atoms with van der Waals surface area (Å²) in [6, 6.07) is 0. The molecule has 0 spiro atoms. The van der Waals surface area contributed by atoms with Gasteiger partial charge in [0.15, 0.2) is 5.82 Å². The molecule has 2 N–H and O–H groups in total.